The SMILES string of the molecule is C=CC(=O)NCC(O)CCC(O)CNC(=O)C=C. The summed E-state index contributed by atoms with van der Waals surface area (Å²) in [6, 6.07) is 0. The van der Waals surface area contributed by atoms with Crippen LogP contribution in [0.3, 0.4) is 0 Å². The predicted octanol–water partition coefficient (Wildman–Crippen LogP) is -0.907. The van der Waals surface area contributed by atoms with Gasteiger partial charge in [-0.2, -0.15) is 0 Å². The molecule has 0 rings (SSSR count). The van der Waals surface area contributed by atoms with Crippen LogP contribution in [0.1, 0.15) is 12.8 Å². The Balaban J connectivity index is 3.67. The molecule has 0 heterocycles. The number of carbonyl (C=O) groups excluding carboxylic acids is 2. The number of nitrogens with one attached hydrogen (secondary N) is 2. The van der Waals surface area contributed by atoms with Crippen LogP contribution in [0.25, 0.3) is 0 Å². The van der Waals surface area contributed by atoms with Gasteiger partial charge < -0.3 is 20.8 Å². The van der Waals surface area contributed by atoms with Gasteiger partial charge in [-0.1, -0.05) is 13.2 Å². The van der Waals surface area contributed by atoms with Crippen LogP contribution in [0.15, 0.2) is 25.3 Å². The first-order valence-electron chi connectivity index (χ1n) is 5.66. The maximum absolute atomic E-state index is 10.8. The Morgan fingerprint density at radius 2 is 1.28 bits per heavy atom. The minimum atomic E-state index is -0.737. The Bertz CT molecular complexity index is 274. The fourth-order valence-electron chi connectivity index (χ4n) is 1.17. The highest BCUT2D eigenvalue weighted by Crippen LogP contribution is 2.00. The number of aliphatic hydroxyl groups is 2. The number of amides is 2. The smallest absolute Gasteiger partial charge is 0.243 e. The fourth-order valence-corrected chi connectivity index (χ4v) is 1.17. The van der Waals surface area contributed by atoms with E-state index in [4.69, 9.17) is 0 Å². The van der Waals surface area contributed by atoms with Gasteiger partial charge in [0.05, 0.1) is 12.2 Å². The van der Waals surface area contributed by atoms with E-state index in [1.807, 2.05) is 0 Å². The molecule has 0 aromatic heterocycles. The monoisotopic (exact) mass is 256 g/mol. The predicted molar refractivity (Wildman–Crippen MR) is 67.7 cm³/mol. The highest BCUT2D eigenvalue weighted by atomic mass is 16.3. The lowest BCUT2D eigenvalue weighted by Crippen LogP contribution is -2.34. The topological polar surface area (TPSA) is 98.7 Å². The van der Waals surface area contributed by atoms with Crippen molar-refractivity contribution in [3.8, 4) is 0 Å². The molecule has 0 radical (unpaired) electrons. The second kappa shape index (κ2) is 9.38. The zero-order valence-electron chi connectivity index (χ0n) is 10.3. The molecule has 0 aromatic carbocycles. The number of carbonyl (C=O) groups is 2. The summed E-state index contributed by atoms with van der Waals surface area (Å²) in [6.45, 7) is 6.77. The average molecular weight is 256 g/mol. The van der Waals surface area contributed by atoms with Gasteiger partial charge in [-0.15, -0.1) is 0 Å². The molecule has 102 valence electrons. The Kier molecular flexibility index (Phi) is 8.51. The molecule has 0 fully saturated rings. The summed E-state index contributed by atoms with van der Waals surface area (Å²) in [7, 11) is 0. The van der Waals surface area contributed by atoms with E-state index in [1.54, 1.807) is 0 Å². The van der Waals surface area contributed by atoms with Crippen molar-refractivity contribution in [3.05, 3.63) is 25.3 Å². The molecule has 6 nitrogen and oxygen atoms in total. The third kappa shape index (κ3) is 8.49. The minimum Gasteiger partial charge on any atom is -0.391 e. The Morgan fingerprint density at radius 1 is 0.944 bits per heavy atom. The van der Waals surface area contributed by atoms with Crippen LogP contribution < -0.4 is 10.6 Å². The Hall–Kier alpha value is -1.66. The van der Waals surface area contributed by atoms with Crippen LogP contribution in [0, 0.1) is 0 Å². The van der Waals surface area contributed by atoms with E-state index < -0.39 is 12.2 Å². The quantitative estimate of drug-likeness (QED) is 0.401. The first-order chi connectivity index (χ1) is 8.49. The van der Waals surface area contributed by atoms with Gasteiger partial charge in [0.1, 0.15) is 0 Å². The van der Waals surface area contributed by atoms with Gasteiger partial charge in [-0.3, -0.25) is 9.59 Å². The number of aliphatic hydroxyl groups excluding tert-OH is 2. The van der Waals surface area contributed by atoms with Crippen molar-refractivity contribution in [1.29, 1.82) is 0 Å². The third-order valence-corrected chi connectivity index (χ3v) is 2.23. The molecule has 0 spiro atoms. The maximum Gasteiger partial charge on any atom is 0.243 e. The highest BCUT2D eigenvalue weighted by Gasteiger charge is 2.10. The van der Waals surface area contributed by atoms with Crippen molar-refractivity contribution in [2.75, 3.05) is 13.1 Å². The molecular weight excluding hydrogens is 236 g/mol. The molecule has 0 aromatic rings. The van der Waals surface area contributed by atoms with Gasteiger partial charge in [-0.25, -0.2) is 0 Å². The molecule has 0 aliphatic rings. The molecule has 2 amide bonds. The number of rotatable bonds is 9. The van der Waals surface area contributed by atoms with E-state index in [2.05, 4.69) is 23.8 Å². The largest absolute Gasteiger partial charge is 0.391 e. The van der Waals surface area contributed by atoms with Crippen LogP contribution >= 0.6 is 0 Å². The van der Waals surface area contributed by atoms with Gasteiger partial charge in [0.15, 0.2) is 0 Å². The van der Waals surface area contributed by atoms with E-state index in [-0.39, 0.29) is 24.9 Å². The van der Waals surface area contributed by atoms with Crippen LogP contribution in [-0.2, 0) is 9.59 Å². The lowest BCUT2D eigenvalue weighted by atomic mass is 10.1. The molecule has 0 aliphatic heterocycles. The maximum atomic E-state index is 10.8. The lowest BCUT2D eigenvalue weighted by Gasteiger charge is -2.14. The van der Waals surface area contributed by atoms with Gasteiger partial charge in [0, 0.05) is 13.1 Å². The van der Waals surface area contributed by atoms with Gasteiger partial charge in [0.2, 0.25) is 11.8 Å². The molecule has 0 aliphatic carbocycles. The first-order valence-corrected chi connectivity index (χ1v) is 5.66. The minimum absolute atomic E-state index is 0.108. The molecule has 4 N–H and O–H groups in total. The standard InChI is InChI=1S/C12H20N2O4/c1-3-11(17)13-7-9(15)5-6-10(16)8-14-12(18)4-2/h3-4,9-10,15-16H,1-2,5-8H2,(H,13,17)(H,14,18). The van der Waals surface area contributed by atoms with Crippen LogP contribution in [0.5, 0.6) is 0 Å². The number of hydrogen-bond donors (Lipinski definition) is 4. The molecule has 0 bridgehead atoms. The molecule has 2 atom stereocenters. The van der Waals surface area contributed by atoms with E-state index in [0.717, 1.165) is 12.2 Å². The van der Waals surface area contributed by atoms with Crippen molar-refractivity contribution >= 4 is 11.8 Å². The van der Waals surface area contributed by atoms with Gasteiger partial charge >= 0.3 is 0 Å². The van der Waals surface area contributed by atoms with Crippen LogP contribution in [0.4, 0.5) is 0 Å². The average Bonchev–Trinajstić information content (AvgIpc) is 2.39. The number of hydrogen-bond acceptors (Lipinski definition) is 4. The fraction of sp³-hybridized carbons (Fsp3) is 0.500. The van der Waals surface area contributed by atoms with E-state index in [1.165, 1.54) is 0 Å². The summed E-state index contributed by atoms with van der Waals surface area (Å²) in [5, 5.41) is 23.9. The second-order valence-electron chi connectivity index (χ2n) is 3.78. The van der Waals surface area contributed by atoms with Crippen molar-refractivity contribution < 1.29 is 19.8 Å². The van der Waals surface area contributed by atoms with Gasteiger partial charge in [0.25, 0.3) is 0 Å². The Morgan fingerprint density at radius 3 is 1.56 bits per heavy atom. The van der Waals surface area contributed by atoms with Crippen molar-refractivity contribution in [2.24, 2.45) is 0 Å². The van der Waals surface area contributed by atoms with Crippen LogP contribution in [0.2, 0.25) is 0 Å². The van der Waals surface area contributed by atoms with E-state index in [0.29, 0.717) is 12.8 Å². The summed E-state index contributed by atoms with van der Waals surface area (Å²) >= 11 is 0. The zero-order chi connectivity index (χ0) is 14.0. The molecule has 18 heavy (non-hydrogen) atoms. The molecule has 2 unspecified atom stereocenters. The zero-order valence-corrected chi connectivity index (χ0v) is 10.3. The molecule has 0 saturated carbocycles. The lowest BCUT2D eigenvalue weighted by molar-refractivity contribution is -0.117. The first kappa shape index (κ1) is 16.3. The summed E-state index contributed by atoms with van der Waals surface area (Å²) in [6.07, 6.45) is 1.40. The van der Waals surface area contributed by atoms with Crippen LogP contribution in [-0.4, -0.2) is 47.3 Å². The highest BCUT2D eigenvalue weighted by molar-refractivity contribution is 5.87. The van der Waals surface area contributed by atoms with Crippen molar-refractivity contribution in [3.63, 3.8) is 0 Å². The van der Waals surface area contributed by atoms with Gasteiger partial charge in [-0.05, 0) is 25.0 Å². The van der Waals surface area contributed by atoms with Crippen molar-refractivity contribution in [1.82, 2.24) is 10.6 Å². The summed E-state index contributed by atoms with van der Waals surface area (Å²) in [4.78, 5) is 21.6. The van der Waals surface area contributed by atoms with E-state index >= 15 is 0 Å². The Labute approximate surface area is 106 Å². The third-order valence-electron chi connectivity index (χ3n) is 2.23. The normalized spacial score (nSPS) is 13.2. The van der Waals surface area contributed by atoms with E-state index in [9.17, 15) is 19.8 Å². The summed E-state index contributed by atoms with van der Waals surface area (Å²) < 4.78 is 0. The molecular formula is C12H20N2O4. The summed E-state index contributed by atoms with van der Waals surface area (Å²) in [5.41, 5.74) is 0. The molecule has 6 heteroatoms. The summed E-state index contributed by atoms with van der Waals surface area (Å²) in [5.74, 6) is -0.708. The molecule has 0 saturated heterocycles. The van der Waals surface area contributed by atoms with Crippen molar-refractivity contribution in [2.45, 2.75) is 25.0 Å². The second-order valence-corrected chi connectivity index (χ2v) is 3.78.